The van der Waals surface area contributed by atoms with Gasteiger partial charge in [-0.25, -0.2) is 0 Å². The third kappa shape index (κ3) is 5.17. The van der Waals surface area contributed by atoms with E-state index in [4.69, 9.17) is 21.1 Å². The summed E-state index contributed by atoms with van der Waals surface area (Å²) < 4.78 is 11.5. The molecule has 2 rings (SSSR count). The van der Waals surface area contributed by atoms with Crippen molar-refractivity contribution in [3.8, 4) is 5.75 Å². The summed E-state index contributed by atoms with van der Waals surface area (Å²) in [5, 5.41) is 4.20. The molecule has 1 aromatic carbocycles. The monoisotopic (exact) mass is 311 g/mol. The van der Waals surface area contributed by atoms with Gasteiger partial charge in [0.15, 0.2) is 0 Å². The van der Waals surface area contributed by atoms with E-state index in [1.165, 1.54) is 12.8 Å². The highest BCUT2D eigenvalue weighted by molar-refractivity contribution is 6.31. The Morgan fingerprint density at radius 1 is 1.43 bits per heavy atom. The number of rotatable bonds is 7. The van der Waals surface area contributed by atoms with Gasteiger partial charge in [-0.05, 0) is 56.8 Å². The minimum atomic E-state index is 0.224. The first-order valence-electron chi connectivity index (χ1n) is 7.98. The van der Waals surface area contributed by atoms with Crippen molar-refractivity contribution in [3.63, 3.8) is 0 Å². The summed E-state index contributed by atoms with van der Waals surface area (Å²) in [4.78, 5) is 0. The molecule has 1 heterocycles. The first-order valence-corrected chi connectivity index (χ1v) is 8.35. The molecule has 0 aromatic heterocycles. The largest absolute Gasteiger partial charge is 0.491 e. The summed E-state index contributed by atoms with van der Waals surface area (Å²) in [5.41, 5.74) is 1.12. The van der Waals surface area contributed by atoms with Crippen molar-refractivity contribution in [2.75, 3.05) is 19.8 Å². The van der Waals surface area contributed by atoms with E-state index in [1.807, 2.05) is 18.2 Å². The molecular weight excluding hydrogens is 286 g/mol. The number of hydrogen-bond donors (Lipinski definition) is 1. The molecule has 1 aliphatic rings. The van der Waals surface area contributed by atoms with Crippen LogP contribution in [0.3, 0.4) is 0 Å². The maximum Gasteiger partial charge on any atom is 0.120 e. The van der Waals surface area contributed by atoms with E-state index in [0.29, 0.717) is 6.61 Å². The fraction of sp³-hybridized carbons (Fsp3) is 0.647. The van der Waals surface area contributed by atoms with E-state index < -0.39 is 0 Å². The number of hydrogen-bond acceptors (Lipinski definition) is 3. The third-order valence-corrected chi connectivity index (χ3v) is 4.18. The van der Waals surface area contributed by atoms with Gasteiger partial charge in [0, 0.05) is 17.7 Å². The van der Waals surface area contributed by atoms with Crippen molar-refractivity contribution in [2.45, 2.75) is 51.7 Å². The van der Waals surface area contributed by atoms with Crippen LogP contribution in [-0.4, -0.2) is 25.9 Å². The normalized spacial score (nSPS) is 20.2. The molecule has 0 aliphatic carbocycles. The molecule has 1 N–H and O–H groups in total. The van der Waals surface area contributed by atoms with Gasteiger partial charge in [0.1, 0.15) is 12.4 Å². The lowest BCUT2D eigenvalue weighted by Crippen LogP contribution is -2.25. The highest BCUT2D eigenvalue weighted by atomic mass is 35.5. The van der Waals surface area contributed by atoms with Crippen LogP contribution < -0.4 is 10.1 Å². The van der Waals surface area contributed by atoms with E-state index in [-0.39, 0.29) is 12.1 Å². The zero-order valence-corrected chi connectivity index (χ0v) is 13.8. The van der Waals surface area contributed by atoms with Crippen LogP contribution in [0.2, 0.25) is 5.02 Å². The van der Waals surface area contributed by atoms with Crippen molar-refractivity contribution < 1.29 is 9.47 Å². The minimum Gasteiger partial charge on any atom is -0.491 e. The highest BCUT2D eigenvalue weighted by Gasteiger charge is 2.15. The average Bonchev–Trinajstić information content (AvgIpc) is 2.51. The Morgan fingerprint density at radius 3 is 2.95 bits per heavy atom. The maximum atomic E-state index is 6.37. The molecule has 0 amide bonds. The van der Waals surface area contributed by atoms with Crippen molar-refractivity contribution >= 4 is 11.6 Å². The van der Waals surface area contributed by atoms with Crippen molar-refractivity contribution in [1.29, 1.82) is 0 Å². The second-order valence-corrected chi connectivity index (χ2v) is 6.07. The summed E-state index contributed by atoms with van der Waals surface area (Å²) in [6.07, 6.45) is 4.82. The standard InChI is InChI=1S/C17H26ClNO2/c1-3-9-19-13(2)16-8-7-14(11-17(16)18)21-12-15-6-4-5-10-20-15/h7-8,11,13,15,19H,3-6,9-10,12H2,1-2H3. The van der Waals surface area contributed by atoms with Gasteiger partial charge in [0.25, 0.3) is 0 Å². The van der Waals surface area contributed by atoms with Gasteiger partial charge in [-0.2, -0.15) is 0 Å². The first-order chi connectivity index (χ1) is 10.2. The molecule has 4 heteroatoms. The van der Waals surface area contributed by atoms with Gasteiger partial charge in [0.05, 0.1) is 6.10 Å². The van der Waals surface area contributed by atoms with Crippen LogP contribution in [0.1, 0.15) is 51.1 Å². The van der Waals surface area contributed by atoms with Gasteiger partial charge in [-0.3, -0.25) is 0 Å². The Kier molecular flexibility index (Phi) is 6.81. The van der Waals surface area contributed by atoms with Crippen molar-refractivity contribution in [1.82, 2.24) is 5.32 Å². The van der Waals surface area contributed by atoms with Gasteiger partial charge >= 0.3 is 0 Å². The molecule has 3 nitrogen and oxygen atoms in total. The van der Waals surface area contributed by atoms with Gasteiger partial charge in [-0.1, -0.05) is 24.6 Å². The number of halogens is 1. The molecule has 1 fully saturated rings. The van der Waals surface area contributed by atoms with Crippen LogP contribution in [-0.2, 0) is 4.74 Å². The Labute approximate surface area is 133 Å². The van der Waals surface area contributed by atoms with E-state index in [1.54, 1.807) is 0 Å². The topological polar surface area (TPSA) is 30.5 Å². The number of nitrogens with one attached hydrogen (secondary N) is 1. The van der Waals surface area contributed by atoms with Crippen LogP contribution in [0.5, 0.6) is 5.75 Å². The van der Waals surface area contributed by atoms with E-state index in [9.17, 15) is 0 Å². The summed E-state index contributed by atoms with van der Waals surface area (Å²) >= 11 is 6.37. The molecule has 0 radical (unpaired) electrons. The molecule has 21 heavy (non-hydrogen) atoms. The second-order valence-electron chi connectivity index (χ2n) is 5.66. The Hall–Kier alpha value is -0.770. The second kappa shape index (κ2) is 8.62. The molecule has 1 aliphatic heterocycles. The first kappa shape index (κ1) is 16.6. The highest BCUT2D eigenvalue weighted by Crippen LogP contribution is 2.27. The fourth-order valence-corrected chi connectivity index (χ4v) is 2.88. The summed E-state index contributed by atoms with van der Waals surface area (Å²) in [5.74, 6) is 0.820. The Balaban J connectivity index is 1.88. The maximum absolute atomic E-state index is 6.37. The van der Waals surface area contributed by atoms with Crippen molar-refractivity contribution in [3.05, 3.63) is 28.8 Å². The van der Waals surface area contributed by atoms with E-state index in [2.05, 4.69) is 19.2 Å². The van der Waals surface area contributed by atoms with Crippen LogP contribution in [0, 0.1) is 0 Å². The SMILES string of the molecule is CCCNC(C)c1ccc(OCC2CCCCO2)cc1Cl. The zero-order valence-electron chi connectivity index (χ0n) is 13.0. The minimum absolute atomic E-state index is 0.224. The predicted octanol–water partition coefficient (Wildman–Crippen LogP) is 4.35. The molecule has 0 spiro atoms. The quantitative estimate of drug-likeness (QED) is 0.812. The zero-order chi connectivity index (χ0) is 15.1. The molecule has 1 saturated heterocycles. The smallest absolute Gasteiger partial charge is 0.120 e. The molecule has 0 saturated carbocycles. The lowest BCUT2D eigenvalue weighted by molar-refractivity contribution is -0.0110. The molecular formula is C17H26ClNO2. The lowest BCUT2D eigenvalue weighted by atomic mass is 10.1. The molecule has 2 unspecified atom stereocenters. The van der Waals surface area contributed by atoms with Gasteiger partial charge < -0.3 is 14.8 Å². The average molecular weight is 312 g/mol. The molecule has 2 atom stereocenters. The van der Waals surface area contributed by atoms with Gasteiger partial charge in [0.2, 0.25) is 0 Å². The van der Waals surface area contributed by atoms with Crippen LogP contribution in [0.4, 0.5) is 0 Å². The Morgan fingerprint density at radius 2 is 2.29 bits per heavy atom. The fourth-order valence-electron chi connectivity index (χ4n) is 2.55. The molecule has 118 valence electrons. The number of benzene rings is 1. The summed E-state index contributed by atoms with van der Waals surface area (Å²) in [6, 6.07) is 6.21. The van der Waals surface area contributed by atoms with Crippen LogP contribution >= 0.6 is 11.6 Å². The summed E-state index contributed by atoms with van der Waals surface area (Å²) in [6.45, 7) is 6.75. The van der Waals surface area contributed by atoms with Gasteiger partial charge in [-0.15, -0.1) is 0 Å². The van der Waals surface area contributed by atoms with Crippen LogP contribution in [0.25, 0.3) is 0 Å². The predicted molar refractivity (Wildman–Crippen MR) is 87.2 cm³/mol. The third-order valence-electron chi connectivity index (χ3n) is 3.85. The van der Waals surface area contributed by atoms with E-state index in [0.717, 1.165) is 42.3 Å². The molecule has 1 aromatic rings. The number of ether oxygens (including phenoxy) is 2. The summed E-state index contributed by atoms with van der Waals surface area (Å²) in [7, 11) is 0. The van der Waals surface area contributed by atoms with Crippen LogP contribution in [0.15, 0.2) is 18.2 Å². The van der Waals surface area contributed by atoms with E-state index >= 15 is 0 Å². The molecule has 0 bridgehead atoms. The van der Waals surface area contributed by atoms with Crippen molar-refractivity contribution in [2.24, 2.45) is 0 Å². The Bertz CT molecular complexity index is 433. The lowest BCUT2D eigenvalue weighted by Gasteiger charge is -2.23.